The number of hydrogen-bond acceptors (Lipinski definition) is 3. The van der Waals surface area contributed by atoms with E-state index in [0.29, 0.717) is 22.9 Å². The molecule has 2 aromatic rings. The lowest BCUT2D eigenvalue weighted by Crippen LogP contribution is -2.19. The van der Waals surface area contributed by atoms with Crippen LogP contribution < -0.4 is 10.6 Å². The fourth-order valence-corrected chi connectivity index (χ4v) is 3.22. The Bertz CT molecular complexity index is 814. The van der Waals surface area contributed by atoms with E-state index in [1.54, 1.807) is 6.07 Å². The Kier molecular flexibility index (Phi) is 7.33. The molecule has 2 amide bonds. The molecule has 2 rings (SSSR count). The highest BCUT2D eigenvalue weighted by Gasteiger charge is 2.15. The Morgan fingerprint density at radius 2 is 1.56 bits per heavy atom. The van der Waals surface area contributed by atoms with E-state index in [1.807, 2.05) is 64.1 Å². The van der Waals surface area contributed by atoms with Gasteiger partial charge in [-0.3, -0.25) is 9.59 Å². The molecule has 0 bridgehead atoms. The average molecular weight is 405 g/mol. The monoisotopic (exact) mass is 404 g/mol. The molecule has 0 aliphatic carbocycles. The maximum absolute atomic E-state index is 12.1. The maximum Gasteiger partial charge on any atom is 0.234 e. The summed E-state index contributed by atoms with van der Waals surface area (Å²) < 4.78 is 0. The zero-order chi connectivity index (χ0) is 20.0. The molecular weight excluding hydrogens is 380 g/mol. The zero-order valence-corrected chi connectivity index (χ0v) is 17.6. The molecule has 0 heterocycles. The summed E-state index contributed by atoms with van der Waals surface area (Å²) in [5.41, 5.74) is 2.37. The number of aryl methyl sites for hydroxylation is 1. The number of nitrogens with one attached hydrogen (secondary N) is 2. The zero-order valence-electron chi connectivity index (χ0n) is 16.1. The minimum absolute atomic E-state index is 0.000889. The van der Waals surface area contributed by atoms with Gasteiger partial charge in [-0.15, -0.1) is 11.8 Å². The summed E-state index contributed by atoms with van der Waals surface area (Å²) >= 11 is 7.50. The van der Waals surface area contributed by atoms with Crippen molar-refractivity contribution >= 4 is 46.6 Å². The molecule has 0 aliphatic rings. The van der Waals surface area contributed by atoms with Crippen molar-refractivity contribution in [2.75, 3.05) is 16.4 Å². The van der Waals surface area contributed by atoms with E-state index in [2.05, 4.69) is 10.6 Å². The van der Waals surface area contributed by atoms with Gasteiger partial charge in [-0.2, -0.15) is 0 Å². The highest BCUT2D eigenvalue weighted by molar-refractivity contribution is 8.00. The first kappa shape index (κ1) is 21.3. The number of halogens is 1. The molecule has 0 atom stereocenters. The average Bonchev–Trinajstić information content (AvgIpc) is 2.56. The molecule has 144 valence electrons. The molecular formula is C21H25ClN2O2S. The molecule has 0 fully saturated rings. The topological polar surface area (TPSA) is 58.2 Å². The van der Waals surface area contributed by atoms with E-state index in [-0.39, 0.29) is 17.2 Å². The molecule has 0 spiro atoms. The number of benzene rings is 2. The maximum atomic E-state index is 12.1. The highest BCUT2D eigenvalue weighted by atomic mass is 35.5. The molecule has 0 radical (unpaired) electrons. The van der Waals surface area contributed by atoms with Crippen LogP contribution in [-0.2, 0) is 9.59 Å². The van der Waals surface area contributed by atoms with E-state index >= 15 is 0 Å². The van der Waals surface area contributed by atoms with Crippen molar-refractivity contribution in [3.05, 3.63) is 53.1 Å². The van der Waals surface area contributed by atoms with Gasteiger partial charge in [0.2, 0.25) is 11.8 Å². The number of carbonyl (C=O) groups is 2. The second kappa shape index (κ2) is 9.29. The van der Waals surface area contributed by atoms with Crippen molar-refractivity contribution in [3.8, 4) is 0 Å². The van der Waals surface area contributed by atoms with E-state index in [1.165, 1.54) is 11.8 Å². The van der Waals surface area contributed by atoms with E-state index in [0.717, 1.165) is 16.1 Å². The number of rotatable bonds is 6. The van der Waals surface area contributed by atoms with Crippen molar-refractivity contribution in [1.82, 2.24) is 0 Å². The van der Waals surface area contributed by atoms with Crippen molar-refractivity contribution in [1.29, 1.82) is 0 Å². The first-order valence-corrected chi connectivity index (χ1v) is 10.1. The van der Waals surface area contributed by atoms with Crippen molar-refractivity contribution in [2.24, 2.45) is 5.41 Å². The molecule has 0 saturated heterocycles. The van der Waals surface area contributed by atoms with Crippen LogP contribution in [0.2, 0.25) is 5.02 Å². The molecule has 2 aromatic carbocycles. The van der Waals surface area contributed by atoms with Gasteiger partial charge in [-0.25, -0.2) is 0 Å². The highest BCUT2D eigenvalue weighted by Crippen LogP contribution is 2.24. The van der Waals surface area contributed by atoms with Crippen LogP contribution in [0.1, 0.15) is 32.8 Å². The van der Waals surface area contributed by atoms with Crippen LogP contribution in [0.5, 0.6) is 0 Å². The van der Waals surface area contributed by atoms with Crippen LogP contribution in [0.3, 0.4) is 0 Å². The standard InChI is InChI=1S/C21H25ClN2O2S/c1-14-5-6-16(11-18(14)22)24-20(26)13-27-17-9-7-15(8-10-17)23-19(25)12-21(2,3)4/h5-11H,12-13H2,1-4H3,(H,23,25)(H,24,26). The van der Waals surface area contributed by atoms with Gasteiger partial charge in [-0.1, -0.05) is 38.4 Å². The van der Waals surface area contributed by atoms with Crippen LogP contribution in [0, 0.1) is 12.3 Å². The predicted molar refractivity (Wildman–Crippen MR) is 115 cm³/mol. The van der Waals surface area contributed by atoms with Crippen molar-refractivity contribution < 1.29 is 9.59 Å². The second-order valence-electron chi connectivity index (χ2n) is 7.61. The molecule has 4 nitrogen and oxygen atoms in total. The van der Waals surface area contributed by atoms with Crippen LogP contribution in [0.4, 0.5) is 11.4 Å². The molecule has 0 saturated carbocycles. The predicted octanol–water partition coefficient (Wildman–Crippen LogP) is 5.75. The van der Waals surface area contributed by atoms with Gasteiger partial charge in [-0.05, 0) is 54.3 Å². The van der Waals surface area contributed by atoms with E-state index < -0.39 is 0 Å². The molecule has 0 aliphatic heterocycles. The molecule has 27 heavy (non-hydrogen) atoms. The lowest BCUT2D eigenvalue weighted by atomic mass is 9.92. The summed E-state index contributed by atoms with van der Waals surface area (Å²) in [6.07, 6.45) is 0.465. The number of anilines is 2. The van der Waals surface area contributed by atoms with Gasteiger partial charge < -0.3 is 10.6 Å². The Morgan fingerprint density at radius 1 is 0.963 bits per heavy atom. The SMILES string of the molecule is Cc1ccc(NC(=O)CSc2ccc(NC(=O)CC(C)(C)C)cc2)cc1Cl. The number of amides is 2. The largest absolute Gasteiger partial charge is 0.326 e. The summed E-state index contributed by atoms with van der Waals surface area (Å²) in [7, 11) is 0. The minimum atomic E-state index is -0.0949. The molecule has 2 N–H and O–H groups in total. The lowest BCUT2D eigenvalue weighted by molar-refractivity contribution is -0.118. The Balaban J connectivity index is 1.83. The van der Waals surface area contributed by atoms with Crippen LogP contribution in [0.15, 0.2) is 47.4 Å². The lowest BCUT2D eigenvalue weighted by Gasteiger charge is -2.17. The van der Waals surface area contributed by atoms with Crippen LogP contribution in [-0.4, -0.2) is 17.6 Å². The third-order valence-electron chi connectivity index (χ3n) is 3.65. The normalized spacial score (nSPS) is 11.1. The van der Waals surface area contributed by atoms with E-state index in [9.17, 15) is 9.59 Å². The van der Waals surface area contributed by atoms with Gasteiger partial charge in [0, 0.05) is 27.7 Å². The second-order valence-corrected chi connectivity index (χ2v) is 9.07. The minimum Gasteiger partial charge on any atom is -0.326 e. The number of hydrogen-bond donors (Lipinski definition) is 2. The van der Waals surface area contributed by atoms with Gasteiger partial charge in [0.25, 0.3) is 0 Å². The van der Waals surface area contributed by atoms with Gasteiger partial charge >= 0.3 is 0 Å². The summed E-state index contributed by atoms with van der Waals surface area (Å²) in [6, 6.07) is 12.9. The first-order valence-electron chi connectivity index (χ1n) is 8.71. The summed E-state index contributed by atoms with van der Waals surface area (Å²) in [4.78, 5) is 25.0. The first-order chi connectivity index (χ1) is 12.6. The molecule has 0 aromatic heterocycles. The summed E-state index contributed by atoms with van der Waals surface area (Å²) in [5.74, 6) is 0.197. The Morgan fingerprint density at radius 3 is 2.15 bits per heavy atom. The third-order valence-corrected chi connectivity index (χ3v) is 5.07. The quantitative estimate of drug-likeness (QED) is 0.602. The summed E-state index contributed by atoms with van der Waals surface area (Å²) in [5, 5.41) is 6.36. The van der Waals surface area contributed by atoms with Crippen LogP contribution in [0.25, 0.3) is 0 Å². The van der Waals surface area contributed by atoms with Crippen molar-refractivity contribution in [2.45, 2.75) is 39.0 Å². The molecule has 6 heteroatoms. The van der Waals surface area contributed by atoms with Crippen molar-refractivity contribution in [3.63, 3.8) is 0 Å². The fraction of sp³-hybridized carbons (Fsp3) is 0.333. The van der Waals surface area contributed by atoms with Gasteiger partial charge in [0.05, 0.1) is 5.75 Å². The number of thioether (sulfide) groups is 1. The molecule has 0 unspecified atom stereocenters. The van der Waals surface area contributed by atoms with Gasteiger partial charge in [0.15, 0.2) is 0 Å². The number of carbonyl (C=O) groups excluding carboxylic acids is 2. The van der Waals surface area contributed by atoms with Crippen LogP contribution >= 0.6 is 23.4 Å². The van der Waals surface area contributed by atoms with E-state index in [4.69, 9.17) is 11.6 Å². The fourth-order valence-electron chi connectivity index (χ4n) is 2.34. The summed E-state index contributed by atoms with van der Waals surface area (Å²) in [6.45, 7) is 8.00. The third kappa shape index (κ3) is 7.65. The Labute approximate surface area is 170 Å². The smallest absolute Gasteiger partial charge is 0.234 e. The Hall–Kier alpha value is -1.98. The van der Waals surface area contributed by atoms with Gasteiger partial charge in [0.1, 0.15) is 0 Å².